The molecule has 3 rings (SSSR count). The van der Waals surface area contributed by atoms with Crippen LogP contribution in [-0.4, -0.2) is 55.7 Å². The van der Waals surface area contributed by atoms with Crippen molar-refractivity contribution >= 4 is 48.6 Å². The second-order valence-corrected chi connectivity index (χ2v) is 10.9. The fraction of sp³-hybridized carbons (Fsp3) is 0.467. The van der Waals surface area contributed by atoms with Gasteiger partial charge in [0.2, 0.25) is 10.0 Å². The number of nitrogens with zero attached hydrogens (tertiary/aromatic N) is 2. The Bertz CT molecular complexity index is 1090. The van der Waals surface area contributed by atoms with E-state index in [-0.39, 0.29) is 22.2 Å². The largest absolute Gasteiger partial charge is 0.461 e. The monoisotopic (exact) mass is 433 g/mol. The van der Waals surface area contributed by atoms with Gasteiger partial charge in [-0.15, -0.1) is 0 Å². The zero-order chi connectivity index (χ0) is 19.8. The third-order valence-electron chi connectivity index (χ3n) is 4.14. The number of nitrogens with two attached hydrogens (primary N) is 1. The van der Waals surface area contributed by atoms with Crippen molar-refractivity contribution in [3.8, 4) is 0 Å². The molecule has 1 fully saturated rings. The first-order valence-electron chi connectivity index (χ1n) is 8.15. The van der Waals surface area contributed by atoms with Gasteiger partial charge in [-0.2, -0.15) is 0 Å². The summed E-state index contributed by atoms with van der Waals surface area (Å²) in [6.45, 7) is 2.48. The number of sulfone groups is 1. The minimum absolute atomic E-state index is 0.0259. The van der Waals surface area contributed by atoms with Crippen LogP contribution in [0.5, 0.6) is 0 Å². The van der Waals surface area contributed by atoms with Gasteiger partial charge in [0.1, 0.15) is 6.10 Å². The third-order valence-corrected chi connectivity index (χ3v) is 7.74. The van der Waals surface area contributed by atoms with Gasteiger partial charge >= 0.3 is 5.97 Å². The highest BCUT2D eigenvalue weighted by atomic mass is 32.2. The lowest BCUT2D eigenvalue weighted by Gasteiger charge is -2.10. The van der Waals surface area contributed by atoms with E-state index in [1.807, 2.05) is 11.5 Å². The van der Waals surface area contributed by atoms with Gasteiger partial charge in [-0.25, -0.2) is 27.0 Å². The molecule has 1 atom stereocenters. The van der Waals surface area contributed by atoms with Crippen molar-refractivity contribution in [3.05, 3.63) is 18.2 Å². The number of fused-ring (bicyclic) bond motifs is 1. The smallest absolute Gasteiger partial charge is 0.316 e. The molecule has 1 aromatic heterocycles. The lowest BCUT2D eigenvalue weighted by atomic mass is 10.3. The van der Waals surface area contributed by atoms with Gasteiger partial charge < -0.3 is 9.30 Å². The Morgan fingerprint density at radius 1 is 1.44 bits per heavy atom. The highest BCUT2D eigenvalue weighted by molar-refractivity contribution is 7.99. The van der Waals surface area contributed by atoms with Crippen molar-refractivity contribution in [3.63, 3.8) is 0 Å². The number of esters is 1. The molecule has 1 aliphatic heterocycles. The van der Waals surface area contributed by atoms with Crippen molar-refractivity contribution in [2.45, 2.75) is 36.0 Å². The number of sulfonamides is 1. The van der Waals surface area contributed by atoms with E-state index in [9.17, 15) is 21.6 Å². The summed E-state index contributed by atoms with van der Waals surface area (Å²) in [6.07, 6.45) is -0.270. The molecule has 1 saturated heterocycles. The molecule has 0 spiro atoms. The summed E-state index contributed by atoms with van der Waals surface area (Å²) in [4.78, 5) is 16.4. The van der Waals surface area contributed by atoms with E-state index in [1.165, 1.54) is 12.1 Å². The minimum Gasteiger partial charge on any atom is -0.461 e. The standard InChI is InChI=1S/C15H19N3O6S3/c1-2-18-13-4-3-11(27(16,22)23)7-12(13)17-15(18)25-8-14(19)24-10-5-6-26(20,21)9-10/h3-4,7,10H,2,5-6,8-9H2,1H3,(H2,16,22,23). The van der Waals surface area contributed by atoms with E-state index < -0.39 is 31.9 Å². The highest BCUT2D eigenvalue weighted by Gasteiger charge is 2.30. The Hall–Kier alpha value is -1.63. The minimum atomic E-state index is -3.83. The van der Waals surface area contributed by atoms with Gasteiger partial charge in [-0.3, -0.25) is 4.79 Å². The quantitative estimate of drug-likeness (QED) is 0.514. The molecular weight excluding hydrogens is 414 g/mol. The molecule has 1 aromatic carbocycles. The topological polar surface area (TPSA) is 138 Å². The van der Waals surface area contributed by atoms with Crippen LogP contribution in [0.25, 0.3) is 11.0 Å². The predicted octanol–water partition coefficient (Wildman–Crippen LogP) is 0.526. The Labute approximate surface area is 161 Å². The predicted molar refractivity (Wildman–Crippen MR) is 101 cm³/mol. The molecule has 1 unspecified atom stereocenters. The maximum atomic E-state index is 12.0. The van der Waals surface area contributed by atoms with Gasteiger partial charge in [-0.1, -0.05) is 11.8 Å². The number of benzene rings is 1. The van der Waals surface area contributed by atoms with Gasteiger partial charge in [0.05, 0.1) is 33.2 Å². The molecular formula is C15H19N3O6S3. The number of carbonyl (C=O) groups is 1. The second kappa shape index (κ2) is 7.41. The number of carbonyl (C=O) groups excluding carboxylic acids is 1. The Morgan fingerprint density at radius 3 is 2.78 bits per heavy atom. The molecule has 2 aromatic rings. The Morgan fingerprint density at radius 2 is 2.19 bits per heavy atom. The molecule has 0 amide bonds. The van der Waals surface area contributed by atoms with E-state index in [0.717, 1.165) is 17.3 Å². The van der Waals surface area contributed by atoms with E-state index in [2.05, 4.69) is 4.98 Å². The van der Waals surface area contributed by atoms with Crippen molar-refractivity contribution in [1.29, 1.82) is 0 Å². The normalized spacial score (nSPS) is 19.4. The highest BCUT2D eigenvalue weighted by Crippen LogP contribution is 2.26. The number of rotatable bonds is 6. The van der Waals surface area contributed by atoms with E-state index in [0.29, 0.717) is 23.6 Å². The van der Waals surface area contributed by atoms with Gasteiger partial charge in [0.15, 0.2) is 15.0 Å². The fourth-order valence-electron chi connectivity index (χ4n) is 2.88. The van der Waals surface area contributed by atoms with Crippen LogP contribution >= 0.6 is 11.8 Å². The lowest BCUT2D eigenvalue weighted by Crippen LogP contribution is -2.20. The second-order valence-electron chi connectivity index (χ2n) is 6.14. The summed E-state index contributed by atoms with van der Waals surface area (Å²) >= 11 is 1.15. The number of ether oxygens (including phenoxy) is 1. The third kappa shape index (κ3) is 4.62. The fourth-order valence-corrected chi connectivity index (χ4v) is 5.86. The molecule has 0 saturated carbocycles. The van der Waals surface area contributed by atoms with Crippen molar-refractivity contribution in [1.82, 2.24) is 9.55 Å². The van der Waals surface area contributed by atoms with Crippen molar-refractivity contribution < 1.29 is 26.4 Å². The van der Waals surface area contributed by atoms with E-state index >= 15 is 0 Å². The summed E-state index contributed by atoms with van der Waals surface area (Å²) in [6, 6.07) is 4.43. The number of primary sulfonamides is 1. The number of thioether (sulfide) groups is 1. The molecule has 9 nitrogen and oxygen atoms in total. The van der Waals surface area contributed by atoms with Crippen LogP contribution in [0.1, 0.15) is 13.3 Å². The zero-order valence-corrected chi connectivity index (χ0v) is 16.9. The molecule has 1 aliphatic rings. The molecule has 148 valence electrons. The molecule has 27 heavy (non-hydrogen) atoms. The SMILES string of the molecule is CCn1c(SCC(=O)OC2CCS(=O)(=O)C2)nc2cc(S(N)(=O)=O)ccc21. The number of hydrogen-bond donors (Lipinski definition) is 1. The Kier molecular flexibility index (Phi) is 5.52. The molecule has 2 N–H and O–H groups in total. The summed E-state index contributed by atoms with van der Waals surface area (Å²) in [5.74, 6) is -0.632. The van der Waals surface area contributed by atoms with Crippen LogP contribution in [-0.2, 0) is 35.9 Å². The average molecular weight is 434 g/mol. The first-order valence-corrected chi connectivity index (χ1v) is 12.5. The molecule has 0 bridgehead atoms. The molecule has 0 aliphatic carbocycles. The Balaban J connectivity index is 1.73. The first-order chi connectivity index (χ1) is 12.6. The molecule has 2 heterocycles. The molecule has 12 heteroatoms. The van der Waals surface area contributed by atoms with Gasteiger partial charge in [-0.05, 0) is 31.5 Å². The van der Waals surface area contributed by atoms with Crippen LogP contribution in [0.15, 0.2) is 28.3 Å². The van der Waals surface area contributed by atoms with E-state index in [1.54, 1.807) is 6.07 Å². The van der Waals surface area contributed by atoms with Gasteiger partial charge in [0, 0.05) is 6.54 Å². The average Bonchev–Trinajstić information content (AvgIpc) is 3.10. The maximum absolute atomic E-state index is 12.0. The van der Waals surface area contributed by atoms with Crippen LogP contribution in [0.4, 0.5) is 0 Å². The molecule has 0 radical (unpaired) electrons. The van der Waals surface area contributed by atoms with Crippen molar-refractivity contribution in [2.75, 3.05) is 17.3 Å². The number of imidazole rings is 1. The maximum Gasteiger partial charge on any atom is 0.316 e. The lowest BCUT2D eigenvalue weighted by molar-refractivity contribution is -0.144. The summed E-state index contributed by atoms with van der Waals surface area (Å²) in [7, 11) is -6.94. The number of aromatic nitrogens is 2. The van der Waals surface area contributed by atoms with Crippen LogP contribution in [0.3, 0.4) is 0 Å². The van der Waals surface area contributed by atoms with Gasteiger partial charge in [0.25, 0.3) is 0 Å². The zero-order valence-electron chi connectivity index (χ0n) is 14.5. The summed E-state index contributed by atoms with van der Waals surface area (Å²) in [5, 5.41) is 5.69. The van der Waals surface area contributed by atoms with Crippen LogP contribution < -0.4 is 5.14 Å². The number of hydrogen-bond acceptors (Lipinski definition) is 8. The summed E-state index contributed by atoms with van der Waals surface area (Å²) < 4.78 is 52.9. The van der Waals surface area contributed by atoms with Crippen LogP contribution in [0, 0.1) is 0 Å². The summed E-state index contributed by atoms with van der Waals surface area (Å²) in [5.41, 5.74) is 1.18. The van der Waals surface area contributed by atoms with Crippen molar-refractivity contribution in [2.24, 2.45) is 5.14 Å². The number of aryl methyl sites for hydroxylation is 1. The first kappa shape index (κ1) is 20.1. The van der Waals surface area contributed by atoms with Crippen LogP contribution in [0.2, 0.25) is 0 Å². The van der Waals surface area contributed by atoms with E-state index in [4.69, 9.17) is 9.88 Å².